The minimum absolute atomic E-state index is 0.166. The third-order valence-corrected chi connectivity index (χ3v) is 4.70. The van der Waals surface area contributed by atoms with Crippen LogP contribution in [0.1, 0.15) is 22.6 Å². The number of hydrogen-bond donors (Lipinski definition) is 1. The summed E-state index contributed by atoms with van der Waals surface area (Å²) in [5.74, 6) is 1.01. The average molecular weight is 321 g/mol. The summed E-state index contributed by atoms with van der Waals surface area (Å²) in [5.41, 5.74) is 5.68. The smallest absolute Gasteiger partial charge is 0.337 e. The van der Waals surface area contributed by atoms with Crippen LogP contribution in [-0.4, -0.2) is 19.4 Å². The van der Waals surface area contributed by atoms with Gasteiger partial charge in [0.15, 0.2) is 11.5 Å². The van der Waals surface area contributed by atoms with Gasteiger partial charge in [-0.05, 0) is 24.1 Å². The van der Waals surface area contributed by atoms with Crippen molar-refractivity contribution in [2.24, 2.45) is 0 Å². The van der Waals surface area contributed by atoms with E-state index in [9.17, 15) is 4.79 Å². The fraction of sp³-hybridized carbons (Fsp3) is 0.211. The normalized spacial score (nSPS) is 20.4. The van der Waals surface area contributed by atoms with Crippen LogP contribution in [0.4, 0.5) is 5.69 Å². The quantitative estimate of drug-likeness (QED) is 0.818. The van der Waals surface area contributed by atoms with Crippen molar-refractivity contribution in [2.45, 2.75) is 12.8 Å². The molecule has 1 unspecified atom stereocenters. The fourth-order valence-corrected chi connectivity index (χ4v) is 3.63. The molecule has 3 aliphatic rings. The fourth-order valence-electron chi connectivity index (χ4n) is 3.63. The maximum Gasteiger partial charge on any atom is 0.337 e. The second kappa shape index (κ2) is 4.77. The van der Waals surface area contributed by atoms with E-state index in [1.54, 1.807) is 0 Å². The molecule has 0 amide bonds. The summed E-state index contributed by atoms with van der Waals surface area (Å²) in [5, 5.41) is 3.33. The van der Waals surface area contributed by atoms with E-state index in [0.29, 0.717) is 11.3 Å². The van der Waals surface area contributed by atoms with Crippen molar-refractivity contribution in [3.63, 3.8) is 0 Å². The molecule has 5 nitrogen and oxygen atoms in total. The van der Waals surface area contributed by atoms with Gasteiger partial charge in [0, 0.05) is 17.7 Å². The number of hydrogen-bond acceptors (Lipinski definition) is 5. The number of esters is 1. The molecule has 0 radical (unpaired) electrons. The number of rotatable bonds is 1. The van der Waals surface area contributed by atoms with Gasteiger partial charge in [0.2, 0.25) is 6.79 Å². The Bertz CT molecular complexity index is 916. The Morgan fingerprint density at radius 2 is 1.92 bits per heavy atom. The van der Waals surface area contributed by atoms with Crippen molar-refractivity contribution >= 4 is 11.7 Å². The Kier molecular flexibility index (Phi) is 2.68. The van der Waals surface area contributed by atoms with E-state index in [2.05, 4.69) is 11.4 Å². The number of carbonyl (C=O) groups excluding carboxylic acids is 1. The number of nitrogens with one attached hydrogen (secondary N) is 1. The first-order chi connectivity index (χ1) is 11.7. The number of aryl methyl sites for hydroxylation is 1. The standard InChI is InChI=1S/C19H15NO4/c1-10-3-2-4-11(5-10)17-12-6-15-16(24-9-23-15)7-13(12)20-14-8-22-19(21)18(14)17/h2-7,17,20H,8-9H2,1H3. The molecule has 3 aliphatic heterocycles. The molecule has 1 N–H and O–H groups in total. The van der Waals surface area contributed by atoms with Crippen LogP contribution in [0.5, 0.6) is 11.5 Å². The Morgan fingerprint density at radius 1 is 1.08 bits per heavy atom. The SMILES string of the molecule is Cc1cccc(C2C3=C(COC3=O)Nc3cc4c(cc32)OCO4)c1. The molecule has 0 fully saturated rings. The van der Waals surface area contributed by atoms with Crippen molar-refractivity contribution in [2.75, 3.05) is 18.7 Å². The van der Waals surface area contributed by atoms with E-state index in [1.807, 2.05) is 37.3 Å². The van der Waals surface area contributed by atoms with E-state index in [4.69, 9.17) is 14.2 Å². The second-order valence-electron chi connectivity index (χ2n) is 6.23. The summed E-state index contributed by atoms with van der Waals surface area (Å²) in [6.07, 6.45) is 0. The summed E-state index contributed by atoms with van der Waals surface area (Å²) in [4.78, 5) is 12.3. The van der Waals surface area contributed by atoms with Crippen LogP contribution in [0.25, 0.3) is 0 Å². The van der Waals surface area contributed by atoms with Crippen LogP contribution in [0.2, 0.25) is 0 Å². The van der Waals surface area contributed by atoms with Crippen LogP contribution in [0.15, 0.2) is 47.7 Å². The largest absolute Gasteiger partial charge is 0.456 e. The van der Waals surface area contributed by atoms with Gasteiger partial charge in [0.05, 0.1) is 11.3 Å². The molecular weight excluding hydrogens is 306 g/mol. The molecule has 2 aromatic carbocycles. The van der Waals surface area contributed by atoms with Gasteiger partial charge in [0.25, 0.3) is 0 Å². The zero-order chi connectivity index (χ0) is 16.3. The summed E-state index contributed by atoms with van der Waals surface area (Å²) in [6, 6.07) is 12.1. The number of benzene rings is 2. The summed E-state index contributed by atoms with van der Waals surface area (Å²) >= 11 is 0. The highest BCUT2D eigenvalue weighted by Crippen LogP contribution is 2.48. The monoisotopic (exact) mass is 321 g/mol. The highest BCUT2D eigenvalue weighted by molar-refractivity contribution is 5.97. The molecule has 0 aromatic heterocycles. The minimum Gasteiger partial charge on any atom is -0.456 e. The van der Waals surface area contributed by atoms with Crippen LogP contribution in [-0.2, 0) is 9.53 Å². The van der Waals surface area contributed by atoms with Crippen molar-refractivity contribution in [3.8, 4) is 11.5 Å². The van der Waals surface area contributed by atoms with E-state index in [-0.39, 0.29) is 25.3 Å². The topological polar surface area (TPSA) is 56.8 Å². The lowest BCUT2D eigenvalue weighted by atomic mass is 9.80. The Labute approximate surface area is 138 Å². The number of fused-ring (bicyclic) bond motifs is 2. The first-order valence-electron chi connectivity index (χ1n) is 7.88. The molecule has 0 aliphatic carbocycles. The van der Waals surface area contributed by atoms with Gasteiger partial charge >= 0.3 is 5.97 Å². The highest BCUT2D eigenvalue weighted by Gasteiger charge is 2.39. The van der Waals surface area contributed by atoms with Gasteiger partial charge in [-0.25, -0.2) is 4.79 Å². The lowest BCUT2D eigenvalue weighted by Gasteiger charge is -2.27. The Morgan fingerprint density at radius 3 is 2.75 bits per heavy atom. The molecule has 2 aromatic rings. The molecule has 0 spiro atoms. The van der Waals surface area contributed by atoms with Gasteiger partial charge in [-0.15, -0.1) is 0 Å². The van der Waals surface area contributed by atoms with E-state index >= 15 is 0 Å². The van der Waals surface area contributed by atoms with Crippen LogP contribution in [0.3, 0.4) is 0 Å². The van der Waals surface area contributed by atoms with Crippen LogP contribution < -0.4 is 14.8 Å². The highest BCUT2D eigenvalue weighted by atomic mass is 16.7. The zero-order valence-electron chi connectivity index (χ0n) is 13.1. The molecule has 3 heterocycles. The van der Waals surface area contributed by atoms with E-state index in [0.717, 1.165) is 33.8 Å². The lowest BCUT2D eigenvalue weighted by molar-refractivity contribution is -0.136. The average Bonchev–Trinajstić information content (AvgIpc) is 3.17. The van der Waals surface area contributed by atoms with Gasteiger partial charge in [-0.3, -0.25) is 0 Å². The zero-order valence-corrected chi connectivity index (χ0v) is 13.1. The molecule has 5 rings (SSSR count). The van der Waals surface area contributed by atoms with Crippen molar-refractivity contribution < 1.29 is 19.0 Å². The number of cyclic esters (lactones) is 1. The second-order valence-corrected chi connectivity index (χ2v) is 6.23. The maximum absolute atomic E-state index is 12.3. The lowest BCUT2D eigenvalue weighted by Crippen LogP contribution is -2.19. The first-order valence-corrected chi connectivity index (χ1v) is 7.88. The third kappa shape index (κ3) is 1.84. The van der Waals surface area contributed by atoms with Gasteiger partial charge in [-0.1, -0.05) is 29.8 Å². The van der Waals surface area contributed by atoms with Crippen LogP contribution in [0, 0.1) is 6.92 Å². The predicted octanol–water partition coefficient (Wildman–Crippen LogP) is 3.09. The number of ether oxygens (including phenoxy) is 3. The molecule has 24 heavy (non-hydrogen) atoms. The molecule has 0 saturated heterocycles. The van der Waals surface area contributed by atoms with E-state index in [1.165, 1.54) is 0 Å². The van der Waals surface area contributed by atoms with Crippen LogP contribution >= 0.6 is 0 Å². The predicted molar refractivity (Wildman–Crippen MR) is 87.2 cm³/mol. The molecule has 1 atom stereocenters. The summed E-state index contributed by atoms with van der Waals surface area (Å²) in [7, 11) is 0. The first kappa shape index (κ1) is 13.5. The summed E-state index contributed by atoms with van der Waals surface area (Å²) in [6.45, 7) is 2.56. The molecule has 120 valence electrons. The molecular formula is C19H15NO4. The maximum atomic E-state index is 12.3. The van der Waals surface area contributed by atoms with Gasteiger partial charge in [-0.2, -0.15) is 0 Å². The number of anilines is 1. The Hall–Kier alpha value is -2.95. The minimum atomic E-state index is -0.257. The third-order valence-electron chi connectivity index (χ3n) is 4.70. The number of carbonyl (C=O) groups is 1. The van der Waals surface area contributed by atoms with E-state index < -0.39 is 0 Å². The molecule has 0 saturated carbocycles. The molecule has 5 heteroatoms. The molecule has 0 bridgehead atoms. The summed E-state index contributed by atoms with van der Waals surface area (Å²) < 4.78 is 16.3. The Balaban J connectivity index is 1.75. The van der Waals surface area contributed by atoms with Gasteiger partial charge in [0.1, 0.15) is 6.61 Å². The van der Waals surface area contributed by atoms with Crippen molar-refractivity contribution in [1.29, 1.82) is 0 Å². The van der Waals surface area contributed by atoms with Crippen molar-refractivity contribution in [3.05, 3.63) is 64.4 Å². The van der Waals surface area contributed by atoms with Crippen molar-refractivity contribution in [1.82, 2.24) is 0 Å². The van der Waals surface area contributed by atoms with Gasteiger partial charge < -0.3 is 19.5 Å².